The van der Waals surface area contributed by atoms with E-state index in [2.05, 4.69) is 31.9 Å². The Morgan fingerprint density at radius 2 is 2.11 bits per heavy atom. The highest BCUT2D eigenvalue weighted by Gasteiger charge is 2.21. The molecule has 0 amide bonds. The summed E-state index contributed by atoms with van der Waals surface area (Å²) in [6.07, 6.45) is 1.22. The lowest BCUT2D eigenvalue weighted by molar-refractivity contribution is 0.229. The van der Waals surface area contributed by atoms with Gasteiger partial charge in [0.1, 0.15) is 15.6 Å². The third-order valence-electron chi connectivity index (χ3n) is 2.56. The summed E-state index contributed by atoms with van der Waals surface area (Å²) in [5.74, 6) is 0.801. The first-order valence-corrected chi connectivity index (χ1v) is 8.92. The first-order valence-electron chi connectivity index (χ1n) is 5.27. The molecule has 0 aliphatic rings. The molecule has 0 aromatic carbocycles. The second-order valence-corrected chi connectivity index (χ2v) is 7.97. The number of nitrogens with two attached hydrogens (primary N) is 1. The van der Waals surface area contributed by atoms with Crippen molar-refractivity contribution in [3.05, 3.63) is 21.0 Å². The maximum Gasteiger partial charge on any atom is 0.183 e. The number of hydrogen-bond acceptors (Lipinski definition) is 5. The van der Waals surface area contributed by atoms with E-state index in [0.717, 1.165) is 4.47 Å². The van der Waals surface area contributed by atoms with E-state index in [4.69, 9.17) is 10.2 Å². The lowest BCUT2D eigenvalue weighted by atomic mass is 10.2. The average molecular weight is 404 g/mol. The fraction of sp³-hybridized carbons (Fsp3) is 0.600. The first-order chi connectivity index (χ1) is 8.24. The van der Waals surface area contributed by atoms with Crippen molar-refractivity contribution in [2.75, 3.05) is 32.1 Å². The number of sulfone groups is 1. The van der Waals surface area contributed by atoms with Crippen molar-refractivity contribution in [1.29, 1.82) is 0 Å². The van der Waals surface area contributed by atoms with E-state index in [-0.39, 0.29) is 11.8 Å². The zero-order valence-electron chi connectivity index (χ0n) is 10.2. The molecule has 18 heavy (non-hydrogen) atoms. The number of hydrogen-bond donors (Lipinski definition) is 1. The SMILES string of the molecule is CN(CCS(C)(=O)=O)C(CN)c1cc(Br)c(Br)o1. The Kier molecular flexibility index (Phi) is 5.85. The molecule has 1 rings (SSSR count). The number of likely N-dealkylation sites (N-methyl/N-ethyl adjacent to an activating group) is 1. The van der Waals surface area contributed by atoms with Crippen LogP contribution in [-0.2, 0) is 9.84 Å². The number of rotatable bonds is 6. The van der Waals surface area contributed by atoms with Crippen LogP contribution in [0.15, 0.2) is 19.6 Å². The van der Waals surface area contributed by atoms with Gasteiger partial charge in [-0.15, -0.1) is 0 Å². The smallest absolute Gasteiger partial charge is 0.183 e. The van der Waals surface area contributed by atoms with Crippen LogP contribution in [0.3, 0.4) is 0 Å². The molecule has 0 spiro atoms. The van der Waals surface area contributed by atoms with Gasteiger partial charge < -0.3 is 10.2 Å². The van der Waals surface area contributed by atoms with E-state index in [1.807, 2.05) is 18.0 Å². The highest BCUT2D eigenvalue weighted by Crippen LogP contribution is 2.31. The molecule has 0 bridgehead atoms. The number of nitrogens with zero attached hydrogens (tertiary/aromatic N) is 1. The Hall–Kier alpha value is 0.110. The van der Waals surface area contributed by atoms with Gasteiger partial charge in [-0.1, -0.05) is 0 Å². The van der Waals surface area contributed by atoms with Gasteiger partial charge in [0, 0.05) is 19.3 Å². The zero-order valence-corrected chi connectivity index (χ0v) is 14.2. The maximum absolute atomic E-state index is 11.1. The van der Waals surface area contributed by atoms with E-state index in [1.54, 1.807) is 0 Å². The Balaban J connectivity index is 2.77. The monoisotopic (exact) mass is 402 g/mol. The summed E-state index contributed by atoms with van der Waals surface area (Å²) in [7, 11) is -1.15. The molecule has 1 unspecified atom stereocenters. The molecule has 1 aromatic heterocycles. The second kappa shape index (κ2) is 6.51. The van der Waals surface area contributed by atoms with Crippen LogP contribution in [0, 0.1) is 0 Å². The van der Waals surface area contributed by atoms with Crippen LogP contribution in [0.4, 0.5) is 0 Å². The summed E-state index contributed by atoms with van der Waals surface area (Å²) in [6.45, 7) is 0.767. The lowest BCUT2D eigenvalue weighted by Crippen LogP contribution is -2.33. The molecule has 5 nitrogen and oxygen atoms in total. The van der Waals surface area contributed by atoms with Crippen LogP contribution in [-0.4, -0.2) is 45.5 Å². The fourth-order valence-electron chi connectivity index (χ4n) is 1.51. The van der Waals surface area contributed by atoms with Crippen molar-refractivity contribution in [3.63, 3.8) is 0 Å². The number of furan rings is 1. The van der Waals surface area contributed by atoms with Gasteiger partial charge in [0.2, 0.25) is 0 Å². The summed E-state index contributed by atoms with van der Waals surface area (Å²) in [6, 6.07) is 1.69. The third kappa shape index (κ3) is 4.65. The minimum Gasteiger partial charge on any atom is -0.451 e. The van der Waals surface area contributed by atoms with Gasteiger partial charge in [0.05, 0.1) is 16.3 Å². The molecule has 0 radical (unpaired) electrons. The molecule has 0 saturated heterocycles. The fourth-order valence-corrected chi connectivity index (χ4v) is 2.73. The second-order valence-electron chi connectivity index (χ2n) is 4.13. The van der Waals surface area contributed by atoms with E-state index in [1.165, 1.54) is 6.26 Å². The quantitative estimate of drug-likeness (QED) is 0.783. The Labute approximate surface area is 124 Å². The van der Waals surface area contributed by atoms with Crippen molar-refractivity contribution in [2.45, 2.75) is 6.04 Å². The molecule has 0 saturated carbocycles. The predicted octanol–water partition coefficient (Wildman–Crippen LogP) is 1.78. The van der Waals surface area contributed by atoms with Crippen LogP contribution in [0.1, 0.15) is 11.8 Å². The van der Waals surface area contributed by atoms with E-state index >= 15 is 0 Å². The van der Waals surface area contributed by atoms with E-state index < -0.39 is 9.84 Å². The van der Waals surface area contributed by atoms with Crippen molar-refractivity contribution in [2.24, 2.45) is 5.73 Å². The summed E-state index contributed by atoms with van der Waals surface area (Å²) >= 11 is 6.60. The highest BCUT2D eigenvalue weighted by atomic mass is 79.9. The minimum atomic E-state index is -2.98. The van der Waals surface area contributed by atoms with Crippen LogP contribution < -0.4 is 5.73 Å². The van der Waals surface area contributed by atoms with Gasteiger partial charge in [-0.25, -0.2) is 8.42 Å². The minimum absolute atomic E-state index is 0.100. The molecule has 2 N–H and O–H groups in total. The van der Waals surface area contributed by atoms with Crippen molar-refractivity contribution in [1.82, 2.24) is 4.90 Å². The van der Waals surface area contributed by atoms with Gasteiger partial charge in [-0.3, -0.25) is 4.90 Å². The Morgan fingerprint density at radius 3 is 2.50 bits per heavy atom. The summed E-state index contributed by atoms with van der Waals surface area (Å²) in [5, 5.41) is 0. The normalized spacial score (nSPS) is 14.1. The van der Waals surface area contributed by atoms with Crippen LogP contribution in [0.2, 0.25) is 0 Å². The molecule has 0 fully saturated rings. The van der Waals surface area contributed by atoms with E-state index in [9.17, 15) is 8.42 Å². The van der Waals surface area contributed by atoms with Crippen molar-refractivity contribution in [3.8, 4) is 0 Å². The van der Waals surface area contributed by atoms with Gasteiger partial charge in [0.25, 0.3) is 0 Å². The predicted molar refractivity (Wildman–Crippen MR) is 78.2 cm³/mol. The molecule has 1 heterocycles. The first kappa shape index (κ1) is 16.2. The summed E-state index contributed by atoms with van der Waals surface area (Å²) < 4.78 is 29.2. The van der Waals surface area contributed by atoms with Crippen LogP contribution >= 0.6 is 31.9 Å². The Morgan fingerprint density at radius 1 is 1.50 bits per heavy atom. The van der Waals surface area contributed by atoms with Gasteiger partial charge >= 0.3 is 0 Å². The molecule has 8 heteroatoms. The average Bonchev–Trinajstić information content (AvgIpc) is 2.56. The summed E-state index contributed by atoms with van der Waals surface area (Å²) in [5.41, 5.74) is 5.72. The topological polar surface area (TPSA) is 76.5 Å². The molecule has 1 atom stereocenters. The van der Waals surface area contributed by atoms with Crippen molar-refractivity contribution < 1.29 is 12.8 Å². The van der Waals surface area contributed by atoms with Crippen molar-refractivity contribution >= 4 is 41.7 Å². The van der Waals surface area contributed by atoms with Gasteiger partial charge in [-0.05, 0) is 45.0 Å². The van der Waals surface area contributed by atoms with Gasteiger partial charge in [-0.2, -0.15) is 0 Å². The molecule has 1 aromatic rings. The largest absolute Gasteiger partial charge is 0.451 e. The number of halogens is 2. The lowest BCUT2D eigenvalue weighted by Gasteiger charge is -2.24. The molecular formula is C10H16Br2N2O3S. The Bertz CT molecular complexity index is 482. The van der Waals surface area contributed by atoms with Crippen LogP contribution in [0.5, 0.6) is 0 Å². The molecular weight excluding hydrogens is 388 g/mol. The third-order valence-corrected chi connectivity index (χ3v) is 5.20. The maximum atomic E-state index is 11.1. The molecule has 0 aliphatic heterocycles. The standard InChI is InChI=1S/C10H16Br2N2O3S/c1-14(3-4-18(2,15)16)8(6-13)9-5-7(11)10(12)17-9/h5,8H,3-4,6,13H2,1-2H3. The van der Waals surface area contributed by atoms with E-state index in [0.29, 0.717) is 23.5 Å². The van der Waals surface area contributed by atoms with Gasteiger partial charge in [0.15, 0.2) is 4.67 Å². The molecule has 104 valence electrons. The summed E-state index contributed by atoms with van der Waals surface area (Å²) in [4.78, 5) is 1.87. The zero-order chi connectivity index (χ0) is 13.9. The molecule has 0 aliphatic carbocycles. The highest BCUT2D eigenvalue weighted by molar-refractivity contribution is 9.13. The van der Waals surface area contributed by atoms with Crippen LogP contribution in [0.25, 0.3) is 0 Å².